The van der Waals surface area contributed by atoms with E-state index in [1.807, 2.05) is 84.0 Å². The molecule has 432 valence electrons. The van der Waals surface area contributed by atoms with E-state index < -0.39 is 71.8 Å². The number of aliphatic hydroxyl groups excluding tert-OH is 1. The average Bonchev–Trinajstić information content (AvgIpc) is 3.40. The molecule has 0 aromatic carbocycles. The van der Waals surface area contributed by atoms with Crippen LogP contribution in [0.5, 0.6) is 0 Å². The summed E-state index contributed by atoms with van der Waals surface area (Å²) in [4.78, 5) is 75.4. The number of cyclic esters (lactones) is 1. The number of piperidine rings is 1. The molecule has 17 heteroatoms. The van der Waals surface area contributed by atoms with E-state index in [-0.39, 0.29) is 93.1 Å². The van der Waals surface area contributed by atoms with Gasteiger partial charge in [0, 0.05) is 65.0 Å². The van der Waals surface area contributed by atoms with Crippen LogP contribution in [-0.4, -0.2) is 185 Å². The minimum absolute atomic E-state index is 0.0350. The lowest BCUT2D eigenvalue weighted by atomic mass is 9.78. The number of aliphatic hydroxyl groups is 2. The van der Waals surface area contributed by atoms with E-state index in [9.17, 15) is 34.2 Å². The molecule has 0 aromatic rings. The van der Waals surface area contributed by atoms with Gasteiger partial charge in [0.2, 0.25) is 5.79 Å². The smallest absolute Gasteiger partial charge is 0.329 e. The zero-order chi connectivity index (χ0) is 56.1. The first kappa shape index (κ1) is 65.0. The van der Waals surface area contributed by atoms with E-state index in [0.29, 0.717) is 70.2 Å². The summed E-state index contributed by atoms with van der Waals surface area (Å²) in [6.45, 7) is 15.2. The summed E-state index contributed by atoms with van der Waals surface area (Å²) in [6, 6.07) is -1.15. The third-order valence-electron chi connectivity index (χ3n) is 16.0. The van der Waals surface area contributed by atoms with Crippen LogP contribution in [0.1, 0.15) is 126 Å². The van der Waals surface area contributed by atoms with Gasteiger partial charge in [0.25, 0.3) is 11.7 Å². The number of amides is 1. The van der Waals surface area contributed by atoms with Gasteiger partial charge in [0.15, 0.2) is 5.78 Å². The Kier molecular flexibility index (Phi) is 27.9. The molecule has 76 heavy (non-hydrogen) atoms. The molecule has 1 aliphatic carbocycles. The summed E-state index contributed by atoms with van der Waals surface area (Å²) in [5.74, 6) is -7.63. The van der Waals surface area contributed by atoms with Gasteiger partial charge in [0.1, 0.15) is 30.1 Å². The van der Waals surface area contributed by atoms with Crippen LogP contribution in [0.4, 0.5) is 0 Å². The van der Waals surface area contributed by atoms with Gasteiger partial charge in [-0.15, -0.1) is 0 Å². The van der Waals surface area contributed by atoms with Crippen molar-refractivity contribution < 1.29 is 72.1 Å². The number of hydrogen-bond acceptors (Lipinski definition) is 16. The zero-order valence-electron chi connectivity index (χ0n) is 48.1. The topological polar surface area (TPSA) is 206 Å². The van der Waals surface area contributed by atoms with Crippen LogP contribution in [0.25, 0.3) is 0 Å². The van der Waals surface area contributed by atoms with Crippen molar-refractivity contribution in [3.05, 3.63) is 47.6 Å². The first-order valence-corrected chi connectivity index (χ1v) is 28.1. The Morgan fingerprint density at radius 3 is 2.22 bits per heavy atom. The monoisotopic (exact) mass is 1070 g/mol. The molecule has 1 unspecified atom stereocenters. The van der Waals surface area contributed by atoms with Crippen LogP contribution in [0.15, 0.2) is 47.6 Å². The third kappa shape index (κ3) is 19.1. The van der Waals surface area contributed by atoms with Crippen LogP contribution in [-0.2, 0) is 61.9 Å². The number of rotatable bonds is 16. The number of hydrogen-bond donors (Lipinski definition) is 2. The van der Waals surface area contributed by atoms with E-state index in [4.69, 9.17) is 37.9 Å². The van der Waals surface area contributed by atoms with Crippen LogP contribution < -0.4 is 0 Å². The molecule has 2 bridgehead atoms. The molecule has 4 rings (SSSR count). The van der Waals surface area contributed by atoms with Gasteiger partial charge in [-0.3, -0.25) is 19.2 Å². The molecule has 2 N–H and O–H groups in total. The Morgan fingerprint density at radius 1 is 0.803 bits per heavy atom. The van der Waals surface area contributed by atoms with Crippen LogP contribution in [0.2, 0.25) is 0 Å². The Morgan fingerprint density at radius 2 is 1.54 bits per heavy atom. The third-order valence-corrected chi connectivity index (χ3v) is 16.0. The second-order valence-electron chi connectivity index (χ2n) is 22.4. The van der Waals surface area contributed by atoms with Gasteiger partial charge < -0.3 is 57.9 Å². The zero-order valence-corrected chi connectivity index (χ0v) is 48.1. The van der Waals surface area contributed by atoms with Gasteiger partial charge in [-0.25, -0.2) is 4.79 Å². The highest BCUT2D eigenvalue weighted by atomic mass is 16.6. The number of Topliss-reactive ketones (excluding diaryl/α,β-unsaturated/α-hetero) is 3. The van der Waals surface area contributed by atoms with Crippen LogP contribution in [0, 0.1) is 35.5 Å². The second-order valence-corrected chi connectivity index (χ2v) is 22.4. The molecule has 15 atom stereocenters. The number of fused-ring (bicyclic) bond motifs is 3. The van der Waals surface area contributed by atoms with Crippen molar-refractivity contribution >= 4 is 29.2 Å². The molecule has 1 saturated carbocycles. The number of ether oxygens (including phenoxy) is 8. The van der Waals surface area contributed by atoms with Crippen molar-refractivity contribution in [1.82, 2.24) is 9.80 Å². The summed E-state index contributed by atoms with van der Waals surface area (Å²) >= 11 is 0. The molecule has 4 aliphatic rings. The lowest BCUT2D eigenvalue weighted by molar-refractivity contribution is -0.266. The van der Waals surface area contributed by atoms with E-state index in [0.717, 1.165) is 18.5 Å². The molecular weight excluding hydrogens is 977 g/mol. The summed E-state index contributed by atoms with van der Waals surface area (Å²) in [7, 11) is 8.58. The van der Waals surface area contributed by atoms with Crippen LogP contribution >= 0.6 is 0 Å². The van der Waals surface area contributed by atoms with Gasteiger partial charge in [-0.2, -0.15) is 0 Å². The number of carbonyl (C=O) groups excluding carboxylic acids is 5. The molecule has 3 heterocycles. The SMILES string of the molecule is CO[C@@H]1C(C)=C[C@@H](C)C(=O)C[C@@H]([C@H](C)C[C@@H]2CC[C@@H](OCCO)[C@H](OC)C2)OC(=O)[C@@H]2CCCCN2C(=O)C(=O)[C@]2(O)O[C@@H](CC[C@H]2C)CC(OCCOCCN(C)C)C(C)=CC=CC=C[C@@H](C)C[C@@H](C)C(=O)[C@@H]1OC. The summed E-state index contributed by atoms with van der Waals surface area (Å²) < 4.78 is 48.4. The van der Waals surface area contributed by atoms with E-state index in [2.05, 4.69) is 0 Å². The van der Waals surface area contributed by atoms with Gasteiger partial charge in [-0.1, -0.05) is 71.1 Å². The quantitative estimate of drug-likeness (QED) is 0.0706. The fraction of sp³-hybridized carbons (Fsp3) is 0.780. The van der Waals surface area contributed by atoms with Gasteiger partial charge >= 0.3 is 5.97 Å². The second kappa shape index (κ2) is 32.6. The van der Waals surface area contributed by atoms with E-state index in [1.165, 1.54) is 19.1 Å². The highest BCUT2D eigenvalue weighted by Gasteiger charge is 2.53. The Balaban J connectivity index is 1.72. The van der Waals surface area contributed by atoms with Crippen molar-refractivity contribution in [3.8, 4) is 0 Å². The fourth-order valence-corrected chi connectivity index (χ4v) is 11.3. The van der Waals surface area contributed by atoms with E-state index in [1.54, 1.807) is 27.0 Å². The van der Waals surface area contributed by atoms with Crippen molar-refractivity contribution in [3.63, 3.8) is 0 Å². The minimum atomic E-state index is -2.47. The highest BCUT2D eigenvalue weighted by molar-refractivity contribution is 6.39. The normalized spacial score (nSPS) is 34.2. The lowest BCUT2D eigenvalue weighted by Crippen LogP contribution is -2.61. The summed E-state index contributed by atoms with van der Waals surface area (Å²) in [5, 5.41) is 21.6. The number of carbonyl (C=O) groups is 5. The highest BCUT2D eigenvalue weighted by Crippen LogP contribution is 2.38. The molecule has 17 nitrogen and oxygen atoms in total. The number of methoxy groups -OCH3 is 3. The van der Waals surface area contributed by atoms with Gasteiger partial charge in [0.05, 0.1) is 57.5 Å². The minimum Gasteiger partial charge on any atom is -0.460 e. The van der Waals surface area contributed by atoms with Gasteiger partial charge in [-0.05, 0) is 121 Å². The first-order chi connectivity index (χ1) is 36.2. The Hall–Kier alpha value is -3.49. The molecule has 3 aliphatic heterocycles. The first-order valence-electron chi connectivity index (χ1n) is 28.1. The number of likely N-dealkylation sites (N-methyl/N-ethyl adjacent to an activating group) is 1. The lowest BCUT2D eigenvalue weighted by Gasteiger charge is -2.43. The molecule has 2 saturated heterocycles. The molecule has 0 radical (unpaired) electrons. The molecule has 0 aromatic heterocycles. The maximum Gasteiger partial charge on any atom is 0.329 e. The fourth-order valence-electron chi connectivity index (χ4n) is 11.3. The number of allylic oxidation sites excluding steroid dienone is 6. The maximum atomic E-state index is 14.6. The van der Waals surface area contributed by atoms with Crippen molar-refractivity contribution in [2.45, 2.75) is 180 Å². The predicted molar refractivity (Wildman–Crippen MR) is 289 cm³/mol. The molecule has 0 spiro atoms. The van der Waals surface area contributed by atoms with Crippen LogP contribution in [0.3, 0.4) is 0 Å². The Bertz CT molecular complexity index is 1970. The van der Waals surface area contributed by atoms with Crippen molar-refractivity contribution in [1.29, 1.82) is 0 Å². The standard InChI is InChI=1S/C59H96N2O15/c1-38-18-14-13-15-19-39(2)50(74-31-30-72-28-26-60(8)9)36-46-23-21-44(7)59(68,76-46)56(65)57(66)61-25-17-16-20-47(61)58(67)75-51(41(4)34-45-22-24-49(73-29-27-62)52(35-45)69-10)37-48(63)40(3)33-43(6)54(70-11)55(71-12)53(64)42(5)32-38/h13-15,18-19,33,38,40-42,44-47,49-52,54-55,62,68H,16-17,20-32,34-37H2,1-12H3/t38-,40-,41-,42-,44-,45+,46+,47+,49-,50?,51+,52-,54-,55+,59-/m1/s1. The van der Waals surface area contributed by atoms with E-state index >= 15 is 0 Å². The number of nitrogens with zero attached hydrogens (tertiary/aromatic N) is 2. The molecular formula is C59H96N2O15. The Labute approximate surface area is 454 Å². The largest absolute Gasteiger partial charge is 0.460 e. The number of esters is 1. The van der Waals surface area contributed by atoms with Crippen molar-refractivity contribution in [2.24, 2.45) is 35.5 Å². The summed E-state index contributed by atoms with van der Waals surface area (Å²) in [6.07, 6.45) is 13.1. The predicted octanol–water partition coefficient (Wildman–Crippen LogP) is 6.80. The molecule has 3 fully saturated rings. The average molecular weight is 1070 g/mol. The maximum absolute atomic E-state index is 14.6. The summed E-state index contributed by atoms with van der Waals surface area (Å²) in [5.41, 5.74) is 1.51. The number of ketones is 3. The van der Waals surface area contributed by atoms with Crippen molar-refractivity contribution in [2.75, 3.05) is 81.5 Å². The molecule has 1 amide bonds.